The van der Waals surface area contributed by atoms with Crippen molar-refractivity contribution in [3.05, 3.63) is 12.2 Å². The molecule has 0 bridgehead atoms. The number of aliphatic hydroxyl groups excluding tert-OH is 1. The van der Waals surface area contributed by atoms with Crippen molar-refractivity contribution >= 4 is 5.97 Å². The zero-order chi connectivity index (χ0) is 10.5. The fraction of sp³-hybridized carbons (Fsp3) is 0.700. The predicted octanol–water partition coefficient (Wildman–Crippen LogP) is 1.66. The minimum Gasteiger partial charge on any atom is -0.457 e. The Morgan fingerprint density at radius 1 is 1.54 bits per heavy atom. The topological polar surface area (TPSA) is 46.5 Å². The lowest BCUT2D eigenvalue weighted by Crippen LogP contribution is -2.22. The molecule has 13 heavy (non-hydrogen) atoms. The van der Waals surface area contributed by atoms with Gasteiger partial charge in [-0.2, -0.15) is 0 Å². The van der Waals surface area contributed by atoms with Crippen LogP contribution < -0.4 is 0 Å². The van der Waals surface area contributed by atoms with E-state index >= 15 is 0 Å². The Balaban J connectivity index is 3.81. The summed E-state index contributed by atoms with van der Waals surface area (Å²) in [6.45, 7) is 7.10. The smallest absolute Gasteiger partial charge is 0.330 e. The molecule has 1 atom stereocenters. The number of carbonyl (C=O) groups excluding carboxylic acids is 1. The SMILES string of the molecule is CC(O)CC=CC(=O)OC(C)(C)C. The molecule has 0 aliphatic rings. The van der Waals surface area contributed by atoms with E-state index in [-0.39, 0.29) is 5.97 Å². The Kier molecular flexibility index (Phi) is 4.70. The van der Waals surface area contributed by atoms with Gasteiger partial charge in [-0.3, -0.25) is 0 Å². The minimum absolute atomic E-state index is 0.367. The predicted molar refractivity (Wildman–Crippen MR) is 51.3 cm³/mol. The van der Waals surface area contributed by atoms with Crippen LogP contribution in [0.1, 0.15) is 34.1 Å². The Morgan fingerprint density at radius 2 is 2.08 bits per heavy atom. The molecule has 0 aromatic heterocycles. The molecular weight excluding hydrogens is 168 g/mol. The first kappa shape index (κ1) is 12.2. The lowest BCUT2D eigenvalue weighted by atomic mass is 10.2. The molecule has 0 amide bonds. The molecule has 0 radical (unpaired) electrons. The highest BCUT2D eigenvalue weighted by molar-refractivity contribution is 5.82. The van der Waals surface area contributed by atoms with Crippen LogP contribution in [-0.2, 0) is 9.53 Å². The van der Waals surface area contributed by atoms with Gasteiger partial charge in [0.1, 0.15) is 5.60 Å². The molecule has 3 heteroatoms. The third kappa shape index (κ3) is 9.08. The summed E-state index contributed by atoms with van der Waals surface area (Å²) in [4.78, 5) is 11.0. The van der Waals surface area contributed by atoms with E-state index in [0.717, 1.165) is 0 Å². The Morgan fingerprint density at radius 3 is 2.46 bits per heavy atom. The van der Waals surface area contributed by atoms with Crippen LogP contribution in [0.15, 0.2) is 12.2 Å². The normalized spacial score (nSPS) is 14.5. The average Bonchev–Trinajstić information content (AvgIpc) is 1.81. The van der Waals surface area contributed by atoms with Gasteiger partial charge in [0.15, 0.2) is 0 Å². The third-order valence-electron chi connectivity index (χ3n) is 1.14. The maximum atomic E-state index is 11.0. The van der Waals surface area contributed by atoms with Crippen LogP contribution in [0.2, 0.25) is 0 Å². The maximum absolute atomic E-state index is 11.0. The first-order valence-corrected chi connectivity index (χ1v) is 4.39. The molecule has 0 saturated carbocycles. The Hall–Kier alpha value is -0.830. The fourth-order valence-corrected chi connectivity index (χ4v) is 0.697. The second-order valence-electron chi connectivity index (χ2n) is 4.02. The van der Waals surface area contributed by atoms with Gasteiger partial charge in [0.2, 0.25) is 0 Å². The van der Waals surface area contributed by atoms with Gasteiger partial charge in [0.05, 0.1) is 6.10 Å². The molecule has 0 aliphatic heterocycles. The number of esters is 1. The zero-order valence-electron chi connectivity index (χ0n) is 8.70. The highest BCUT2D eigenvalue weighted by Crippen LogP contribution is 2.07. The van der Waals surface area contributed by atoms with E-state index in [9.17, 15) is 4.79 Å². The van der Waals surface area contributed by atoms with Crippen LogP contribution >= 0.6 is 0 Å². The van der Waals surface area contributed by atoms with E-state index in [0.29, 0.717) is 6.42 Å². The quantitative estimate of drug-likeness (QED) is 0.538. The summed E-state index contributed by atoms with van der Waals surface area (Å²) >= 11 is 0. The van der Waals surface area contributed by atoms with Crippen molar-refractivity contribution in [1.82, 2.24) is 0 Å². The van der Waals surface area contributed by atoms with Gasteiger partial charge in [0.25, 0.3) is 0 Å². The van der Waals surface area contributed by atoms with E-state index in [1.54, 1.807) is 13.0 Å². The second-order valence-corrected chi connectivity index (χ2v) is 4.02. The lowest BCUT2D eigenvalue weighted by molar-refractivity contribution is -0.148. The van der Waals surface area contributed by atoms with Crippen molar-refractivity contribution in [2.45, 2.75) is 45.8 Å². The van der Waals surface area contributed by atoms with Crippen molar-refractivity contribution in [1.29, 1.82) is 0 Å². The van der Waals surface area contributed by atoms with E-state index in [1.165, 1.54) is 6.08 Å². The van der Waals surface area contributed by atoms with Gasteiger partial charge in [-0.15, -0.1) is 0 Å². The standard InChI is InChI=1S/C10H18O3/c1-8(11)6-5-7-9(12)13-10(2,3)4/h5,7-8,11H,6H2,1-4H3. The van der Waals surface area contributed by atoms with Crippen molar-refractivity contribution < 1.29 is 14.6 Å². The molecule has 0 aromatic rings. The molecule has 0 spiro atoms. The van der Waals surface area contributed by atoms with Crippen LogP contribution in [0, 0.1) is 0 Å². The van der Waals surface area contributed by atoms with Crippen LogP contribution in [-0.4, -0.2) is 22.8 Å². The van der Waals surface area contributed by atoms with Gasteiger partial charge in [-0.25, -0.2) is 4.79 Å². The van der Waals surface area contributed by atoms with E-state index in [4.69, 9.17) is 9.84 Å². The molecule has 76 valence electrons. The third-order valence-corrected chi connectivity index (χ3v) is 1.14. The van der Waals surface area contributed by atoms with Gasteiger partial charge in [0, 0.05) is 6.08 Å². The fourth-order valence-electron chi connectivity index (χ4n) is 0.697. The average molecular weight is 186 g/mol. The van der Waals surface area contributed by atoms with Crippen molar-refractivity contribution in [2.75, 3.05) is 0 Å². The monoisotopic (exact) mass is 186 g/mol. The summed E-state index contributed by atoms with van der Waals surface area (Å²) < 4.78 is 5.01. The summed E-state index contributed by atoms with van der Waals surface area (Å²) in [5, 5.41) is 8.89. The number of hydrogen-bond acceptors (Lipinski definition) is 3. The number of carbonyl (C=O) groups is 1. The molecule has 1 unspecified atom stereocenters. The van der Waals surface area contributed by atoms with Crippen molar-refractivity contribution in [3.63, 3.8) is 0 Å². The number of aliphatic hydroxyl groups is 1. The van der Waals surface area contributed by atoms with E-state index in [2.05, 4.69) is 0 Å². The Labute approximate surface area is 79.4 Å². The molecule has 0 saturated heterocycles. The van der Waals surface area contributed by atoms with Crippen LogP contribution in [0.3, 0.4) is 0 Å². The molecular formula is C10H18O3. The maximum Gasteiger partial charge on any atom is 0.330 e. The summed E-state index contributed by atoms with van der Waals surface area (Å²) in [7, 11) is 0. The second kappa shape index (κ2) is 5.02. The summed E-state index contributed by atoms with van der Waals surface area (Å²) in [6.07, 6.45) is 3.01. The van der Waals surface area contributed by atoms with Gasteiger partial charge in [-0.1, -0.05) is 6.08 Å². The molecule has 3 nitrogen and oxygen atoms in total. The zero-order valence-corrected chi connectivity index (χ0v) is 8.70. The van der Waals surface area contributed by atoms with E-state index < -0.39 is 11.7 Å². The largest absolute Gasteiger partial charge is 0.457 e. The molecule has 0 aliphatic carbocycles. The molecule has 0 aromatic carbocycles. The first-order valence-electron chi connectivity index (χ1n) is 4.39. The lowest BCUT2D eigenvalue weighted by Gasteiger charge is -2.17. The van der Waals surface area contributed by atoms with Crippen molar-refractivity contribution in [3.8, 4) is 0 Å². The van der Waals surface area contributed by atoms with Gasteiger partial charge < -0.3 is 9.84 Å². The van der Waals surface area contributed by atoms with Crippen LogP contribution in [0.25, 0.3) is 0 Å². The number of hydrogen-bond donors (Lipinski definition) is 1. The van der Waals surface area contributed by atoms with Gasteiger partial charge in [-0.05, 0) is 34.1 Å². The summed E-state index contributed by atoms with van der Waals surface area (Å²) in [6, 6.07) is 0. The summed E-state index contributed by atoms with van der Waals surface area (Å²) in [5.41, 5.74) is -0.452. The highest BCUT2D eigenvalue weighted by atomic mass is 16.6. The van der Waals surface area contributed by atoms with Crippen LogP contribution in [0.5, 0.6) is 0 Å². The van der Waals surface area contributed by atoms with Crippen LogP contribution in [0.4, 0.5) is 0 Å². The summed E-state index contributed by atoms with van der Waals surface area (Å²) in [5.74, 6) is -0.367. The highest BCUT2D eigenvalue weighted by Gasteiger charge is 2.13. The molecule has 0 rings (SSSR count). The van der Waals surface area contributed by atoms with Gasteiger partial charge >= 0.3 is 5.97 Å². The molecule has 0 heterocycles. The molecule has 0 fully saturated rings. The van der Waals surface area contributed by atoms with E-state index in [1.807, 2.05) is 20.8 Å². The number of ether oxygens (including phenoxy) is 1. The first-order chi connectivity index (χ1) is 5.81. The molecule has 1 N–H and O–H groups in total. The minimum atomic E-state index is -0.452. The Bertz CT molecular complexity index is 187. The van der Waals surface area contributed by atoms with Crippen molar-refractivity contribution in [2.24, 2.45) is 0 Å². The number of rotatable bonds is 3.